The third-order valence-electron chi connectivity index (χ3n) is 4.22. The summed E-state index contributed by atoms with van der Waals surface area (Å²) < 4.78 is 5.10. The molecule has 0 heterocycles. The van der Waals surface area contributed by atoms with E-state index in [0.29, 0.717) is 23.7 Å². The molecule has 6 heteroatoms. The minimum atomic E-state index is -0.299. The molecular weight excluding hydrogens is 340 g/mol. The van der Waals surface area contributed by atoms with E-state index >= 15 is 0 Å². The fourth-order valence-corrected chi connectivity index (χ4v) is 2.81. The molecule has 0 bridgehead atoms. The van der Waals surface area contributed by atoms with Crippen LogP contribution in [0.5, 0.6) is 5.75 Å². The van der Waals surface area contributed by atoms with Crippen molar-refractivity contribution in [2.75, 3.05) is 12.4 Å². The Hall–Kier alpha value is -2.53. The first-order valence-electron chi connectivity index (χ1n) is 8.04. The molecule has 0 aromatic heterocycles. The Bertz CT molecular complexity index is 776. The van der Waals surface area contributed by atoms with Gasteiger partial charge in [-0.3, -0.25) is 9.59 Å². The number of rotatable bonds is 6. The quantitative estimate of drug-likeness (QED) is 0.833. The zero-order valence-corrected chi connectivity index (χ0v) is 14.5. The Labute approximate surface area is 151 Å². The fourth-order valence-electron chi connectivity index (χ4n) is 2.63. The van der Waals surface area contributed by atoms with Crippen LogP contribution in [0.1, 0.15) is 12.0 Å². The number of anilines is 1. The topological polar surface area (TPSA) is 67.4 Å². The molecule has 1 aliphatic rings. The lowest BCUT2D eigenvalue weighted by Crippen LogP contribution is -2.27. The summed E-state index contributed by atoms with van der Waals surface area (Å²) in [4.78, 5) is 24.4. The molecule has 130 valence electrons. The maximum atomic E-state index is 12.2. The molecule has 0 aliphatic heterocycles. The smallest absolute Gasteiger partial charge is 0.228 e. The molecule has 3 rings (SSSR count). The second kappa shape index (κ2) is 7.57. The van der Waals surface area contributed by atoms with E-state index in [2.05, 4.69) is 10.6 Å². The number of hydrogen-bond acceptors (Lipinski definition) is 3. The van der Waals surface area contributed by atoms with Gasteiger partial charge >= 0.3 is 0 Å². The number of para-hydroxylation sites is 1. The SMILES string of the molecule is COc1ccc(CNC(=O)C2CC2C(=O)Nc2ccccc2Cl)cc1. The average molecular weight is 359 g/mol. The average Bonchev–Trinajstić information content (AvgIpc) is 3.43. The maximum Gasteiger partial charge on any atom is 0.228 e. The normalized spacial score (nSPS) is 18.3. The van der Waals surface area contributed by atoms with E-state index in [4.69, 9.17) is 16.3 Å². The molecule has 1 saturated carbocycles. The predicted molar refractivity (Wildman–Crippen MR) is 96.5 cm³/mol. The van der Waals surface area contributed by atoms with Gasteiger partial charge in [0.05, 0.1) is 29.7 Å². The highest BCUT2D eigenvalue weighted by Gasteiger charge is 2.47. The van der Waals surface area contributed by atoms with E-state index in [1.54, 1.807) is 31.4 Å². The highest BCUT2D eigenvalue weighted by Crippen LogP contribution is 2.40. The lowest BCUT2D eigenvalue weighted by atomic mass is 10.2. The largest absolute Gasteiger partial charge is 0.497 e. The molecule has 2 N–H and O–H groups in total. The van der Waals surface area contributed by atoms with Crippen LogP contribution in [0.3, 0.4) is 0 Å². The molecular formula is C19H19ClN2O3. The number of methoxy groups -OCH3 is 1. The monoisotopic (exact) mass is 358 g/mol. The molecule has 2 amide bonds. The first-order chi connectivity index (χ1) is 12.1. The summed E-state index contributed by atoms with van der Waals surface area (Å²) >= 11 is 6.03. The molecule has 1 fully saturated rings. The van der Waals surface area contributed by atoms with E-state index in [0.717, 1.165) is 11.3 Å². The number of halogens is 1. The number of hydrogen-bond donors (Lipinski definition) is 2. The maximum absolute atomic E-state index is 12.2. The zero-order chi connectivity index (χ0) is 17.8. The van der Waals surface area contributed by atoms with Gasteiger partial charge < -0.3 is 15.4 Å². The van der Waals surface area contributed by atoms with E-state index in [-0.39, 0.29) is 23.7 Å². The standard InChI is InChI=1S/C19H19ClN2O3/c1-25-13-8-6-12(7-9-13)11-21-18(23)14-10-15(14)19(24)22-17-5-3-2-4-16(17)20/h2-9,14-15H,10-11H2,1H3,(H,21,23)(H,22,24). The number of benzene rings is 2. The Balaban J connectivity index is 1.48. The summed E-state index contributed by atoms with van der Waals surface area (Å²) in [7, 11) is 1.61. The second-order valence-electron chi connectivity index (χ2n) is 5.98. The number of amides is 2. The van der Waals surface area contributed by atoms with Crippen molar-refractivity contribution in [2.45, 2.75) is 13.0 Å². The molecule has 25 heavy (non-hydrogen) atoms. The summed E-state index contributed by atoms with van der Waals surface area (Å²) in [5.41, 5.74) is 1.55. The van der Waals surface area contributed by atoms with Gasteiger partial charge in [0.25, 0.3) is 0 Å². The highest BCUT2D eigenvalue weighted by molar-refractivity contribution is 6.33. The van der Waals surface area contributed by atoms with Crippen LogP contribution in [0.2, 0.25) is 5.02 Å². The van der Waals surface area contributed by atoms with E-state index < -0.39 is 0 Å². The number of ether oxygens (including phenoxy) is 1. The number of carbonyl (C=O) groups excluding carboxylic acids is 2. The fraction of sp³-hybridized carbons (Fsp3) is 0.263. The van der Waals surface area contributed by atoms with Crippen LogP contribution >= 0.6 is 11.6 Å². The molecule has 2 unspecified atom stereocenters. The van der Waals surface area contributed by atoms with Gasteiger partial charge in [-0.25, -0.2) is 0 Å². The highest BCUT2D eigenvalue weighted by atomic mass is 35.5. The predicted octanol–water partition coefficient (Wildman–Crippen LogP) is 3.24. The molecule has 5 nitrogen and oxygen atoms in total. The van der Waals surface area contributed by atoms with Gasteiger partial charge in [-0.2, -0.15) is 0 Å². The van der Waals surface area contributed by atoms with Crippen molar-refractivity contribution in [1.82, 2.24) is 5.32 Å². The van der Waals surface area contributed by atoms with Crippen LogP contribution < -0.4 is 15.4 Å². The van der Waals surface area contributed by atoms with Gasteiger partial charge in [0.1, 0.15) is 5.75 Å². The summed E-state index contributed by atoms with van der Waals surface area (Å²) in [5.74, 6) is -0.0747. The summed E-state index contributed by atoms with van der Waals surface area (Å²) in [6.45, 7) is 0.429. The first-order valence-corrected chi connectivity index (χ1v) is 8.42. The van der Waals surface area contributed by atoms with Crippen molar-refractivity contribution >= 4 is 29.1 Å². The Morgan fingerprint density at radius 3 is 2.44 bits per heavy atom. The third kappa shape index (κ3) is 4.31. The van der Waals surface area contributed by atoms with Gasteiger partial charge in [-0.15, -0.1) is 0 Å². The van der Waals surface area contributed by atoms with E-state index in [1.807, 2.05) is 24.3 Å². The molecule has 2 aromatic rings. The first kappa shape index (κ1) is 17.3. The lowest BCUT2D eigenvalue weighted by molar-refractivity contribution is -0.125. The van der Waals surface area contributed by atoms with E-state index in [9.17, 15) is 9.59 Å². The van der Waals surface area contributed by atoms with Gasteiger partial charge in [-0.1, -0.05) is 35.9 Å². The molecule has 0 spiro atoms. The third-order valence-corrected chi connectivity index (χ3v) is 4.55. The Morgan fingerprint density at radius 2 is 1.76 bits per heavy atom. The van der Waals surface area contributed by atoms with Crippen molar-refractivity contribution in [2.24, 2.45) is 11.8 Å². The Kier molecular flexibility index (Phi) is 5.24. The second-order valence-corrected chi connectivity index (χ2v) is 6.39. The Morgan fingerprint density at radius 1 is 1.08 bits per heavy atom. The van der Waals surface area contributed by atoms with Crippen molar-refractivity contribution in [3.63, 3.8) is 0 Å². The van der Waals surface area contributed by atoms with Crippen LogP contribution in [0.25, 0.3) is 0 Å². The van der Waals surface area contributed by atoms with Gasteiger partial charge in [0.2, 0.25) is 11.8 Å². The molecule has 0 saturated heterocycles. The van der Waals surface area contributed by atoms with Crippen LogP contribution in [0, 0.1) is 11.8 Å². The van der Waals surface area contributed by atoms with Crippen LogP contribution in [-0.2, 0) is 16.1 Å². The molecule has 2 atom stereocenters. The number of nitrogens with one attached hydrogen (secondary N) is 2. The van der Waals surface area contributed by atoms with Crippen molar-refractivity contribution in [3.05, 3.63) is 59.1 Å². The van der Waals surface area contributed by atoms with Crippen LogP contribution in [0.15, 0.2) is 48.5 Å². The molecule has 1 aliphatic carbocycles. The van der Waals surface area contributed by atoms with E-state index in [1.165, 1.54) is 0 Å². The zero-order valence-electron chi connectivity index (χ0n) is 13.8. The summed E-state index contributed by atoms with van der Waals surface area (Å²) in [6, 6.07) is 14.5. The molecule has 2 aromatic carbocycles. The lowest BCUT2D eigenvalue weighted by Gasteiger charge is -2.08. The van der Waals surface area contributed by atoms with Gasteiger partial charge in [-0.05, 0) is 36.2 Å². The van der Waals surface area contributed by atoms with Gasteiger partial charge in [0, 0.05) is 6.54 Å². The number of carbonyl (C=O) groups is 2. The van der Waals surface area contributed by atoms with Crippen molar-refractivity contribution in [3.8, 4) is 5.75 Å². The van der Waals surface area contributed by atoms with Crippen molar-refractivity contribution in [1.29, 1.82) is 0 Å². The van der Waals surface area contributed by atoms with Gasteiger partial charge in [0.15, 0.2) is 0 Å². The molecule has 0 radical (unpaired) electrons. The minimum absolute atomic E-state index is 0.102. The minimum Gasteiger partial charge on any atom is -0.497 e. The summed E-state index contributed by atoms with van der Waals surface area (Å²) in [6.07, 6.45) is 0.560. The van der Waals surface area contributed by atoms with Crippen LogP contribution in [0.4, 0.5) is 5.69 Å². The van der Waals surface area contributed by atoms with Crippen LogP contribution in [-0.4, -0.2) is 18.9 Å². The summed E-state index contributed by atoms with van der Waals surface area (Å²) in [5, 5.41) is 6.13. The van der Waals surface area contributed by atoms with Crippen molar-refractivity contribution < 1.29 is 14.3 Å².